The van der Waals surface area contributed by atoms with Gasteiger partial charge in [0.05, 0.1) is 18.1 Å². The molecule has 1 saturated carbocycles. The van der Waals surface area contributed by atoms with E-state index < -0.39 is 0 Å². The second kappa shape index (κ2) is 6.57. The molecule has 1 aromatic carbocycles. The Labute approximate surface area is 163 Å². The summed E-state index contributed by atoms with van der Waals surface area (Å²) in [5, 5.41) is 2.16. The molecule has 2 aliphatic heterocycles. The maximum Gasteiger partial charge on any atom is 0.237 e. The first-order chi connectivity index (χ1) is 13.2. The highest BCUT2D eigenvalue weighted by Gasteiger charge is 2.53. The second-order valence-corrected chi connectivity index (χ2v) is 9.11. The van der Waals surface area contributed by atoms with Crippen LogP contribution < -0.4 is 0 Å². The molecular formula is C22H24N2O2S. The van der Waals surface area contributed by atoms with Crippen molar-refractivity contribution < 1.29 is 9.59 Å². The zero-order chi connectivity index (χ0) is 18.4. The van der Waals surface area contributed by atoms with E-state index in [0.29, 0.717) is 13.1 Å². The molecule has 5 rings (SSSR count). The Hall–Kier alpha value is -1.98. The molecule has 0 unspecified atom stereocenters. The van der Waals surface area contributed by atoms with E-state index in [1.807, 2.05) is 17.4 Å². The zero-order valence-electron chi connectivity index (χ0n) is 15.4. The first kappa shape index (κ1) is 17.1. The lowest BCUT2D eigenvalue weighted by Gasteiger charge is -2.38. The van der Waals surface area contributed by atoms with Crippen LogP contribution in [0.3, 0.4) is 0 Å². The molecule has 3 heterocycles. The van der Waals surface area contributed by atoms with Gasteiger partial charge >= 0.3 is 0 Å². The summed E-state index contributed by atoms with van der Waals surface area (Å²) in [6.45, 7) is 1.28. The number of hydrogen-bond donors (Lipinski definition) is 0. The van der Waals surface area contributed by atoms with Gasteiger partial charge in [0.1, 0.15) is 0 Å². The van der Waals surface area contributed by atoms with Crippen LogP contribution >= 0.6 is 11.3 Å². The van der Waals surface area contributed by atoms with Gasteiger partial charge in [0.15, 0.2) is 0 Å². The van der Waals surface area contributed by atoms with E-state index in [9.17, 15) is 9.59 Å². The Morgan fingerprint density at radius 1 is 1.07 bits per heavy atom. The summed E-state index contributed by atoms with van der Waals surface area (Å²) in [5.41, 5.74) is 2.17. The van der Waals surface area contributed by atoms with Crippen LogP contribution in [-0.4, -0.2) is 34.8 Å². The van der Waals surface area contributed by atoms with E-state index in [2.05, 4.69) is 40.6 Å². The lowest BCUT2D eigenvalue weighted by Crippen LogP contribution is -2.46. The predicted octanol–water partition coefficient (Wildman–Crippen LogP) is 3.97. The monoisotopic (exact) mass is 380 g/mol. The fourth-order valence-electron chi connectivity index (χ4n) is 5.17. The lowest BCUT2D eigenvalue weighted by atomic mass is 9.84. The van der Waals surface area contributed by atoms with Crippen LogP contribution in [0, 0.1) is 5.41 Å². The van der Waals surface area contributed by atoms with Gasteiger partial charge in [-0.3, -0.25) is 19.4 Å². The minimum Gasteiger partial charge on any atom is -0.274 e. The molecule has 2 fully saturated rings. The molecule has 1 aromatic heterocycles. The first-order valence-electron chi connectivity index (χ1n) is 9.88. The standard InChI is InChI=1S/C22H24N2O2S/c25-19-14-22(10-4-5-11-22)21(26)24(19)15-23-12-8-18-17(9-13-27-18)20(23)16-6-2-1-3-7-16/h1-3,6-7,9,13,20H,4-5,8,10-12,14-15H2/t20-/m1/s1. The van der Waals surface area contributed by atoms with Gasteiger partial charge in [0.2, 0.25) is 11.8 Å². The molecule has 1 aliphatic carbocycles. The van der Waals surface area contributed by atoms with Crippen LogP contribution in [0.25, 0.3) is 0 Å². The number of imide groups is 1. The number of nitrogens with zero attached hydrogens (tertiary/aromatic N) is 2. The molecule has 1 atom stereocenters. The Kier molecular flexibility index (Phi) is 4.17. The number of rotatable bonds is 3. The third-order valence-electron chi connectivity index (χ3n) is 6.55. The summed E-state index contributed by atoms with van der Waals surface area (Å²) in [4.78, 5) is 31.2. The molecule has 4 nitrogen and oxygen atoms in total. The maximum atomic E-state index is 13.1. The first-order valence-corrected chi connectivity index (χ1v) is 10.8. The van der Waals surface area contributed by atoms with E-state index >= 15 is 0 Å². The SMILES string of the molecule is O=C1CC2(CCCC2)C(=O)N1CN1CCc2sccc2[C@H]1c1ccccc1. The lowest BCUT2D eigenvalue weighted by molar-refractivity contribution is -0.144. The maximum absolute atomic E-state index is 13.1. The third-order valence-corrected chi connectivity index (χ3v) is 7.55. The highest BCUT2D eigenvalue weighted by atomic mass is 32.1. The average molecular weight is 381 g/mol. The molecule has 2 aromatic rings. The van der Waals surface area contributed by atoms with Crippen molar-refractivity contribution in [3.8, 4) is 0 Å². The van der Waals surface area contributed by atoms with Gasteiger partial charge < -0.3 is 0 Å². The van der Waals surface area contributed by atoms with Crippen molar-refractivity contribution in [1.82, 2.24) is 9.80 Å². The van der Waals surface area contributed by atoms with Crippen molar-refractivity contribution in [1.29, 1.82) is 0 Å². The number of carbonyl (C=O) groups excluding carboxylic acids is 2. The van der Waals surface area contributed by atoms with Crippen molar-refractivity contribution in [3.05, 3.63) is 57.8 Å². The average Bonchev–Trinajstić information content (AvgIpc) is 3.39. The van der Waals surface area contributed by atoms with E-state index in [-0.39, 0.29) is 23.3 Å². The largest absolute Gasteiger partial charge is 0.274 e. The number of fused-ring (bicyclic) bond motifs is 1. The molecule has 2 amide bonds. The highest BCUT2D eigenvalue weighted by Crippen LogP contribution is 2.47. The van der Waals surface area contributed by atoms with Gasteiger partial charge in [0, 0.05) is 17.8 Å². The summed E-state index contributed by atoms with van der Waals surface area (Å²) >= 11 is 1.81. The molecular weight excluding hydrogens is 356 g/mol. The van der Waals surface area contributed by atoms with Gasteiger partial charge in [0.25, 0.3) is 0 Å². The quantitative estimate of drug-likeness (QED) is 0.757. The summed E-state index contributed by atoms with van der Waals surface area (Å²) in [6, 6.07) is 12.8. The number of hydrogen-bond acceptors (Lipinski definition) is 4. The van der Waals surface area contributed by atoms with Gasteiger partial charge in [-0.15, -0.1) is 11.3 Å². The number of likely N-dealkylation sites (tertiary alicyclic amines) is 1. The Bertz CT molecular complexity index is 869. The molecule has 0 radical (unpaired) electrons. The molecule has 3 aliphatic rings. The summed E-state index contributed by atoms with van der Waals surface area (Å²) in [6.07, 6.45) is 5.30. The Balaban J connectivity index is 1.46. The van der Waals surface area contributed by atoms with Gasteiger partial charge in [-0.05, 0) is 41.8 Å². The van der Waals surface area contributed by atoms with Gasteiger partial charge in [-0.1, -0.05) is 43.2 Å². The summed E-state index contributed by atoms with van der Waals surface area (Å²) in [7, 11) is 0. The highest BCUT2D eigenvalue weighted by molar-refractivity contribution is 7.10. The third kappa shape index (κ3) is 2.75. The number of thiophene rings is 1. The van der Waals surface area contributed by atoms with E-state index in [4.69, 9.17) is 0 Å². The van der Waals surface area contributed by atoms with Crippen LogP contribution in [0.15, 0.2) is 41.8 Å². The molecule has 27 heavy (non-hydrogen) atoms. The van der Waals surface area contributed by atoms with E-state index in [1.54, 1.807) is 4.90 Å². The predicted molar refractivity (Wildman–Crippen MR) is 105 cm³/mol. The zero-order valence-corrected chi connectivity index (χ0v) is 16.2. The topological polar surface area (TPSA) is 40.6 Å². The van der Waals surface area contributed by atoms with Crippen molar-refractivity contribution in [3.63, 3.8) is 0 Å². The molecule has 5 heteroatoms. The van der Waals surface area contributed by atoms with Crippen LogP contribution in [0.4, 0.5) is 0 Å². The van der Waals surface area contributed by atoms with Crippen molar-refractivity contribution in [2.75, 3.05) is 13.2 Å². The number of amides is 2. The fourth-order valence-corrected chi connectivity index (χ4v) is 6.08. The van der Waals surface area contributed by atoms with Crippen LogP contribution in [0.1, 0.15) is 54.1 Å². The normalized spacial score (nSPS) is 24.7. The van der Waals surface area contributed by atoms with Gasteiger partial charge in [-0.2, -0.15) is 0 Å². The Morgan fingerprint density at radius 3 is 2.63 bits per heavy atom. The smallest absolute Gasteiger partial charge is 0.237 e. The second-order valence-electron chi connectivity index (χ2n) is 8.11. The summed E-state index contributed by atoms with van der Waals surface area (Å²) < 4.78 is 0. The number of carbonyl (C=O) groups is 2. The minimum absolute atomic E-state index is 0.0184. The summed E-state index contributed by atoms with van der Waals surface area (Å²) in [5.74, 6) is 0.0951. The van der Waals surface area contributed by atoms with Crippen LogP contribution in [0.2, 0.25) is 0 Å². The van der Waals surface area contributed by atoms with Crippen molar-refractivity contribution >= 4 is 23.2 Å². The van der Waals surface area contributed by atoms with Gasteiger partial charge in [-0.25, -0.2) is 0 Å². The van der Waals surface area contributed by atoms with Crippen molar-refractivity contribution in [2.24, 2.45) is 5.41 Å². The molecule has 0 N–H and O–H groups in total. The van der Waals surface area contributed by atoms with Crippen LogP contribution in [0.5, 0.6) is 0 Å². The van der Waals surface area contributed by atoms with E-state index in [1.165, 1.54) is 16.0 Å². The van der Waals surface area contributed by atoms with Crippen molar-refractivity contribution in [2.45, 2.75) is 44.6 Å². The Morgan fingerprint density at radius 2 is 1.85 bits per heavy atom. The molecule has 0 bridgehead atoms. The fraction of sp³-hybridized carbons (Fsp3) is 0.455. The van der Waals surface area contributed by atoms with E-state index in [0.717, 1.165) is 38.6 Å². The number of benzene rings is 1. The minimum atomic E-state index is -0.386. The molecule has 1 saturated heterocycles. The molecule has 140 valence electrons. The molecule has 1 spiro atoms. The van der Waals surface area contributed by atoms with Crippen LogP contribution in [-0.2, 0) is 16.0 Å².